The van der Waals surface area contributed by atoms with E-state index in [2.05, 4.69) is 50.1 Å². The summed E-state index contributed by atoms with van der Waals surface area (Å²) in [6.07, 6.45) is 4.86. The fourth-order valence-corrected chi connectivity index (χ4v) is 1.80. The normalized spacial score (nSPS) is 11.7. The number of rotatable bonds is 2. The number of hydrogen-bond acceptors (Lipinski definition) is 1. The summed E-state index contributed by atoms with van der Waals surface area (Å²) >= 11 is 0. The van der Waals surface area contributed by atoms with Gasteiger partial charge in [0.2, 0.25) is 0 Å². The quantitative estimate of drug-likeness (QED) is 0.748. The molecule has 0 N–H and O–H groups in total. The van der Waals surface area contributed by atoms with Crippen LogP contribution in [0.4, 0.5) is 0 Å². The monoisotopic (exact) mass is 214 g/mol. The highest BCUT2D eigenvalue weighted by atomic mass is 15.3. The topological polar surface area (TPSA) is 17.8 Å². The van der Waals surface area contributed by atoms with Gasteiger partial charge in [-0.05, 0) is 35.6 Å². The zero-order valence-electron chi connectivity index (χ0n) is 10.1. The lowest BCUT2D eigenvalue weighted by atomic mass is 9.88. The Balaban J connectivity index is 2.17. The Morgan fingerprint density at radius 2 is 1.81 bits per heavy atom. The lowest BCUT2D eigenvalue weighted by Crippen LogP contribution is -2.09. The Bertz CT molecular complexity index is 433. The van der Waals surface area contributed by atoms with Crippen LogP contribution in [0.2, 0.25) is 0 Å². The number of hydrogen-bond donors (Lipinski definition) is 0. The third kappa shape index (κ3) is 2.72. The van der Waals surface area contributed by atoms with Gasteiger partial charge in [-0.1, -0.05) is 32.9 Å². The van der Waals surface area contributed by atoms with Crippen molar-refractivity contribution in [3.8, 4) is 5.69 Å². The van der Waals surface area contributed by atoms with Crippen LogP contribution in [-0.4, -0.2) is 9.78 Å². The molecule has 2 rings (SSSR count). The van der Waals surface area contributed by atoms with Gasteiger partial charge in [0.15, 0.2) is 0 Å². The second-order valence-corrected chi connectivity index (χ2v) is 5.35. The Kier molecular flexibility index (Phi) is 2.82. The van der Waals surface area contributed by atoms with E-state index in [1.165, 1.54) is 5.56 Å². The summed E-state index contributed by atoms with van der Waals surface area (Å²) in [6, 6.07) is 10.5. The zero-order valence-corrected chi connectivity index (χ0v) is 10.1. The minimum atomic E-state index is 0.340. The van der Waals surface area contributed by atoms with E-state index in [0.29, 0.717) is 5.41 Å². The van der Waals surface area contributed by atoms with Gasteiger partial charge in [-0.25, -0.2) is 4.68 Å². The molecule has 0 atom stereocenters. The molecule has 0 amide bonds. The van der Waals surface area contributed by atoms with E-state index < -0.39 is 0 Å². The molecule has 2 aromatic rings. The van der Waals surface area contributed by atoms with Crippen LogP contribution in [0.25, 0.3) is 5.69 Å². The minimum Gasteiger partial charge on any atom is -0.241 e. The van der Waals surface area contributed by atoms with Crippen LogP contribution < -0.4 is 0 Å². The van der Waals surface area contributed by atoms with Crippen molar-refractivity contribution in [1.82, 2.24) is 9.78 Å². The van der Waals surface area contributed by atoms with Crippen molar-refractivity contribution in [3.05, 3.63) is 48.3 Å². The van der Waals surface area contributed by atoms with Gasteiger partial charge in [0.05, 0.1) is 5.69 Å². The second kappa shape index (κ2) is 4.12. The van der Waals surface area contributed by atoms with Gasteiger partial charge in [0, 0.05) is 12.4 Å². The molecule has 1 heterocycles. The number of aromatic nitrogens is 2. The Morgan fingerprint density at radius 1 is 1.12 bits per heavy atom. The smallest absolute Gasteiger partial charge is 0.0645 e. The lowest BCUT2D eigenvalue weighted by molar-refractivity contribution is 0.411. The van der Waals surface area contributed by atoms with Crippen LogP contribution in [0.1, 0.15) is 26.3 Å². The highest BCUT2D eigenvalue weighted by Crippen LogP contribution is 2.21. The molecule has 2 heteroatoms. The summed E-state index contributed by atoms with van der Waals surface area (Å²) in [4.78, 5) is 0. The van der Waals surface area contributed by atoms with Gasteiger partial charge >= 0.3 is 0 Å². The molecule has 1 aromatic carbocycles. The van der Waals surface area contributed by atoms with Gasteiger partial charge in [-0.3, -0.25) is 0 Å². The summed E-state index contributed by atoms with van der Waals surface area (Å²) in [7, 11) is 0. The molecule has 0 aliphatic rings. The third-order valence-electron chi connectivity index (χ3n) is 2.44. The number of nitrogens with zero attached hydrogens (tertiary/aromatic N) is 2. The molecule has 0 spiro atoms. The van der Waals surface area contributed by atoms with E-state index in [1.54, 1.807) is 6.20 Å². The molecule has 0 unspecified atom stereocenters. The lowest BCUT2D eigenvalue weighted by Gasteiger charge is -2.18. The average Bonchev–Trinajstić information content (AvgIpc) is 2.69. The summed E-state index contributed by atoms with van der Waals surface area (Å²) in [6.45, 7) is 6.78. The summed E-state index contributed by atoms with van der Waals surface area (Å²) < 4.78 is 1.88. The third-order valence-corrected chi connectivity index (χ3v) is 2.44. The van der Waals surface area contributed by atoms with Crippen molar-refractivity contribution in [3.63, 3.8) is 0 Å². The van der Waals surface area contributed by atoms with Gasteiger partial charge in [0.1, 0.15) is 0 Å². The molecule has 0 fully saturated rings. The largest absolute Gasteiger partial charge is 0.241 e. The van der Waals surface area contributed by atoms with Crippen molar-refractivity contribution >= 4 is 0 Å². The van der Waals surface area contributed by atoms with Gasteiger partial charge < -0.3 is 0 Å². The Morgan fingerprint density at radius 3 is 2.31 bits per heavy atom. The maximum absolute atomic E-state index is 4.21. The van der Waals surface area contributed by atoms with E-state index in [1.807, 2.05) is 16.9 Å². The maximum Gasteiger partial charge on any atom is 0.0645 e. The van der Waals surface area contributed by atoms with Crippen LogP contribution in [-0.2, 0) is 6.42 Å². The molecule has 0 radical (unpaired) electrons. The Labute approximate surface area is 96.9 Å². The molecule has 16 heavy (non-hydrogen) atoms. The van der Waals surface area contributed by atoms with Crippen molar-refractivity contribution in [2.45, 2.75) is 27.2 Å². The first-order valence-corrected chi connectivity index (χ1v) is 5.64. The van der Waals surface area contributed by atoms with Crippen molar-refractivity contribution < 1.29 is 0 Å². The predicted molar refractivity (Wildman–Crippen MR) is 66.7 cm³/mol. The van der Waals surface area contributed by atoms with Gasteiger partial charge in [-0.2, -0.15) is 5.10 Å². The standard InChI is InChI=1S/C14H18N2/c1-14(2,3)11-12-5-7-13(8-6-12)16-10-4-9-15-16/h4-10H,11H2,1-3H3. The van der Waals surface area contributed by atoms with E-state index in [9.17, 15) is 0 Å². The van der Waals surface area contributed by atoms with Crippen LogP contribution in [0.15, 0.2) is 42.7 Å². The van der Waals surface area contributed by atoms with Crippen LogP contribution in [0.3, 0.4) is 0 Å². The molecular formula is C14H18N2. The van der Waals surface area contributed by atoms with Crippen molar-refractivity contribution in [2.75, 3.05) is 0 Å². The Hall–Kier alpha value is -1.57. The highest BCUT2D eigenvalue weighted by Gasteiger charge is 2.10. The predicted octanol–water partition coefficient (Wildman–Crippen LogP) is 3.46. The average molecular weight is 214 g/mol. The molecule has 0 bridgehead atoms. The first-order valence-electron chi connectivity index (χ1n) is 5.64. The maximum atomic E-state index is 4.21. The molecule has 2 nitrogen and oxygen atoms in total. The van der Waals surface area contributed by atoms with E-state index >= 15 is 0 Å². The first-order chi connectivity index (χ1) is 7.54. The zero-order chi connectivity index (χ0) is 11.6. The summed E-state index contributed by atoms with van der Waals surface area (Å²) in [5, 5.41) is 4.21. The van der Waals surface area contributed by atoms with E-state index in [0.717, 1.165) is 12.1 Å². The number of benzene rings is 1. The van der Waals surface area contributed by atoms with E-state index in [-0.39, 0.29) is 0 Å². The fraction of sp³-hybridized carbons (Fsp3) is 0.357. The highest BCUT2D eigenvalue weighted by molar-refractivity contribution is 5.34. The molecule has 0 saturated carbocycles. The molecule has 84 valence electrons. The summed E-state index contributed by atoms with van der Waals surface area (Å²) in [5.74, 6) is 0. The van der Waals surface area contributed by atoms with Crippen molar-refractivity contribution in [1.29, 1.82) is 0 Å². The fourth-order valence-electron chi connectivity index (χ4n) is 1.80. The molecule has 0 saturated heterocycles. The van der Waals surface area contributed by atoms with Crippen molar-refractivity contribution in [2.24, 2.45) is 5.41 Å². The second-order valence-electron chi connectivity index (χ2n) is 5.35. The first kappa shape index (κ1) is 10.9. The molecule has 0 aliphatic heterocycles. The summed E-state index contributed by atoms with van der Waals surface area (Å²) in [5.41, 5.74) is 2.83. The van der Waals surface area contributed by atoms with Crippen LogP contribution in [0, 0.1) is 5.41 Å². The SMILES string of the molecule is CC(C)(C)Cc1ccc(-n2cccn2)cc1. The molecule has 1 aromatic heterocycles. The van der Waals surface area contributed by atoms with Crippen LogP contribution >= 0.6 is 0 Å². The van der Waals surface area contributed by atoms with Crippen LogP contribution in [0.5, 0.6) is 0 Å². The molecule has 0 aliphatic carbocycles. The van der Waals surface area contributed by atoms with Gasteiger partial charge in [-0.15, -0.1) is 0 Å². The van der Waals surface area contributed by atoms with E-state index in [4.69, 9.17) is 0 Å². The molecular weight excluding hydrogens is 196 g/mol. The minimum absolute atomic E-state index is 0.340. The van der Waals surface area contributed by atoms with Gasteiger partial charge in [0.25, 0.3) is 0 Å².